The molecular formula is C35H40N2O. The van der Waals surface area contributed by atoms with Gasteiger partial charge in [-0.3, -0.25) is 10.1 Å². The van der Waals surface area contributed by atoms with Crippen LogP contribution in [0.25, 0.3) is 11.1 Å². The van der Waals surface area contributed by atoms with Gasteiger partial charge in [0.25, 0.3) is 0 Å². The van der Waals surface area contributed by atoms with Crippen LogP contribution in [-0.2, 0) is 4.79 Å². The van der Waals surface area contributed by atoms with Crippen molar-refractivity contribution in [1.29, 1.82) is 0 Å². The fraction of sp³-hybridized carbons (Fsp3) is 0.343. The standard InChI is InChI=1S/C35H40N2O/c1-21-16-23(3)32(24(4)17-21)27-8-12-29(13-9-27)34(35-36-20-31(38)37(35)7)30-14-10-28(11-15-30)33-25(5)18-22(2)19-26(33)6/h8-10,12-19,28,34-36H,11,20H2,1-7H3/t28-,34+,35?/m1/s1. The molecule has 1 fully saturated rings. The van der Waals surface area contributed by atoms with Gasteiger partial charge in [-0.25, -0.2) is 0 Å². The van der Waals surface area contributed by atoms with Gasteiger partial charge >= 0.3 is 0 Å². The number of aryl methyl sites for hydroxylation is 6. The summed E-state index contributed by atoms with van der Waals surface area (Å²) in [6, 6.07) is 18.1. The third-order valence-electron chi connectivity index (χ3n) is 8.42. The Balaban J connectivity index is 1.48. The SMILES string of the molecule is Cc1cc(C)c(-c2ccc([C@@H](C3=CC[C@H](c4c(C)cc(C)cc4C)C=C3)C3NCC(=O)N3C)cc2)c(C)c1. The molecule has 1 heterocycles. The smallest absolute Gasteiger partial charge is 0.237 e. The lowest BCUT2D eigenvalue weighted by Crippen LogP contribution is -2.40. The van der Waals surface area contributed by atoms with Crippen molar-refractivity contribution in [2.75, 3.05) is 13.6 Å². The third kappa shape index (κ3) is 4.88. The van der Waals surface area contributed by atoms with E-state index < -0.39 is 0 Å². The minimum Gasteiger partial charge on any atom is -0.328 e. The number of benzene rings is 3. The molecule has 38 heavy (non-hydrogen) atoms. The Bertz CT molecular complexity index is 1400. The largest absolute Gasteiger partial charge is 0.328 e. The number of hydrogen-bond acceptors (Lipinski definition) is 2. The van der Waals surface area contributed by atoms with Gasteiger partial charge in [-0.15, -0.1) is 0 Å². The molecule has 0 aromatic heterocycles. The molecule has 5 rings (SSSR count). The summed E-state index contributed by atoms with van der Waals surface area (Å²) in [5, 5.41) is 3.49. The fourth-order valence-electron chi connectivity index (χ4n) is 6.86. The molecule has 0 radical (unpaired) electrons. The summed E-state index contributed by atoms with van der Waals surface area (Å²) in [6.07, 6.45) is 7.98. The molecule has 196 valence electrons. The van der Waals surface area contributed by atoms with Crippen molar-refractivity contribution < 1.29 is 4.79 Å². The first-order valence-electron chi connectivity index (χ1n) is 13.8. The van der Waals surface area contributed by atoms with Crippen LogP contribution in [0.4, 0.5) is 0 Å². The molecule has 1 saturated heterocycles. The van der Waals surface area contributed by atoms with Crippen LogP contribution in [0.15, 0.2) is 72.3 Å². The first-order valence-corrected chi connectivity index (χ1v) is 13.8. The molecule has 0 saturated carbocycles. The van der Waals surface area contributed by atoms with E-state index in [0.29, 0.717) is 12.5 Å². The van der Waals surface area contributed by atoms with E-state index >= 15 is 0 Å². The highest BCUT2D eigenvalue weighted by Gasteiger charge is 2.36. The minimum absolute atomic E-state index is 0.0634. The van der Waals surface area contributed by atoms with Gasteiger partial charge in [0.2, 0.25) is 5.91 Å². The summed E-state index contributed by atoms with van der Waals surface area (Å²) in [5.74, 6) is 0.593. The Kier molecular flexibility index (Phi) is 7.15. The summed E-state index contributed by atoms with van der Waals surface area (Å²) in [6.45, 7) is 13.6. The van der Waals surface area contributed by atoms with Gasteiger partial charge in [-0.1, -0.05) is 77.9 Å². The maximum absolute atomic E-state index is 12.5. The number of allylic oxidation sites excluding steroid dienone is 3. The highest BCUT2D eigenvalue weighted by molar-refractivity contribution is 5.80. The Labute approximate surface area is 228 Å². The zero-order valence-corrected chi connectivity index (χ0v) is 23.9. The number of amides is 1. The molecule has 1 N–H and O–H groups in total. The molecule has 3 heteroatoms. The maximum Gasteiger partial charge on any atom is 0.237 e. The Hall–Kier alpha value is -3.43. The molecule has 1 amide bonds. The van der Waals surface area contributed by atoms with Crippen molar-refractivity contribution in [1.82, 2.24) is 10.2 Å². The maximum atomic E-state index is 12.5. The van der Waals surface area contributed by atoms with E-state index in [2.05, 4.69) is 114 Å². The second-order valence-electron chi connectivity index (χ2n) is 11.4. The molecule has 3 aromatic rings. The Morgan fingerprint density at radius 1 is 0.842 bits per heavy atom. The van der Waals surface area contributed by atoms with E-state index in [9.17, 15) is 4.79 Å². The molecule has 2 aliphatic rings. The van der Waals surface area contributed by atoms with Crippen LogP contribution in [0.3, 0.4) is 0 Å². The average molecular weight is 505 g/mol. The van der Waals surface area contributed by atoms with Crippen molar-refractivity contribution in [2.45, 2.75) is 66.0 Å². The summed E-state index contributed by atoms with van der Waals surface area (Å²) >= 11 is 0. The highest BCUT2D eigenvalue weighted by Crippen LogP contribution is 2.39. The van der Waals surface area contributed by atoms with Crippen molar-refractivity contribution >= 4 is 5.91 Å². The third-order valence-corrected chi connectivity index (χ3v) is 8.42. The first-order chi connectivity index (χ1) is 18.1. The summed E-state index contributed by atoms with van der Waals surface area (Å²) in [5.41, 5.74) is 14.5. The Morgan fingerprint density at radius 2 is 1.42 bits per heavy atom. The van der Waals surface area contributed by atoms with Crippen molar-refractivity contribution in [3.63, 3.8) is 0 Å². The number of hydrogen-bond donors (Lipinski definition) is 1. The monoisotopic (exact) mass is 504 g/mol. The van der Waals surface area contributed by atoms with Crippen LogP contribution >= 0.6 is 0 Å². The molecule has 0 bridgehead atoms. The van der Waals surface area contributed by atoms with Gasteiger partial charge in [0, 0.05) is 18.9 Å². The molecule has 3 aromatic carbocycles. The average Bonchev–Trinajstić information content (AvgIpc) is 3.18. The van der Waals surface area contributed by atoms with Crippen molar-refractivity contribution in [2.24, 2.45) is 0 Å². The normalized spacial score (nSPS) is 20.1. The van der Waals surface area contributed by atoms with E-state index in [-0.39, 0.29) is 18.0 Å². The van der Waals surface area contributed by atoms with Crippen LogP contribution in [0.1, 0.15) is 62.8 Å². The molecule has 0 spiro atoms. The van der Waals surface area contributed by atoms with Crippen LogP contribution in [0.5, 0.6) is 0 Å². The number of nitrogens with one attached hydrogen (secondary N) is 1. The molecule has 1 aliphatic heterocycles. The summed E-state index contributed by atoms with van der Waals surface area (Å²) < 4.78 is 0. The lowest BCUT2D eigenvalue weighted by molar-refractivity contribution is -0.126. The van der Waals surface area contributed by atoms with Gasteiger partial charge in [-0.05, 0) is 98.0 Å². The van der Waals surface area contributed by atoms with Crippen LogP contribution in [0, 0.1) is 41.5 Å². The quantitative estimate of drug-likeness (QED) is 0.394. The van der Waals surface area contributed by atoms with Crippen molar-refractivity contribution in [3.8, 4) is 11.1 Å². The van der Waals surface area contributed by atoms with E-state index in [0.717, 1.165) is 6.42 Å². The zero-order valence-electron chi connectivity index (χ0n) is 23.9. The summed E-state index contributed by atoms with van der Waals surface area (Å²) in [4.78, 5) is 14.4. The number of likely N-dealkylation sites (N-methyl/N-ethyl adjacent to an activating group) is 1. The second-order valence-corrected chi connectivity index (χ2v) is 11.4. The van der Waals surface area contributed by atoms with E-state index in [1.54, 1.807) is 0 Å². The molecule has 1 aliphatic carbocycles. The van der Waals surface area contributed by atoms with E-state index in [4.69, 9.17) is 0 Å². The lowest BCUT2D eigenvalue weighted by Gasteiger charge is -2.32. The first kappa shape index (κ1) is 26.2. The predicted molar refractivity (Wildman–Crippen MR) is 159 cm³/mol. The van der Waals surface area contributed by atoms with Crippen LogP contribution in [0.2, 0.25) is 0 Å². The van der Waals surface area contributed by atoms with E-state index in [1.165, 1.54) is 61.2 Å². The van der Waals surface area contributed by atoms with Crippen LogP contribution < -0.4 is 5.32 Å². The number of carbonyl (C=O) groups is 1. The van der Waals surface area contributed by atoms with Gasteiger partial charge in [0.1, 0.15) is 0 Å². The van der Waals surface area contributed by atoms with Gasteiger partial charge in [0.05, 0.1) is 12.7 Å². The topological polar surface area (TPSA) is 32.3 Å². The number of carbonyl (C=O) groups excluding carboxylic acids is 1. The summed E-state index contributed by atoms with van der Waals surface area (Å²) in [7, 11) is 1.92. The van der Waals surface area contributed by atoms with Gasteiger partial charge in [-0.2, -0.15) is 0 Å². The minimum atomic E-state index is -0.0634. The lowest BCUT2D eigenvalue weighted by atomic mass is 9.79. The number of nitrogens with zero attached hydrogens (tertiary/aromatic N) is 1. The van der Waals surface area contributed by atoms with Gasteiger partial charge < -0.3 is 4.90 Å². The molecule has 3 nitrogen and oxygen atoms in total. The Morgan fingerprint density at radius 3 is 1.92 bits per heavy atom. The molecule has 3 atom stereocenters. The number of rotatable bonds is 5. The van der Waals surface area contributed by atoms with Crippen LogP contribution in [-0.4, -0.2) is 30.6 Å². The second kappa shape index (κ2) is 10.4. The predicted octanol–water partition coefficient (Wildman–Crippen LogP) is 7.35. The zero-order chi connectivity index (χ0) is 27.1. The fourth-order valence-corrected chi connectivity index (χ4v) is 6.86. The highest BCUT2D eigenvalue weighted by atomic mass is 16.2. The molecular weight excluding hydrogens is 464 g/mol. The molecule has 1 unspecified atom stereocenters. The van der Waals surface area contributed by atoms with E-state index in [1.807, 2.05) is 11.9 Å². The van der Waals surface area contributed by atoms with Gasteiger partial charge in [0.15, 0.2) is 0 Å². The van der Waals surface area contributed by atoms with Crippen molar-refractivity contribution in [3.05, 3.63) is 117 Å².